The molecule has 0 aliphatic heterocycles. The van der Waals surface area contributed by atoms with Gasteiger partial charge in [-0.1, -0.05) is 31.4 Å². The van der Waals surface area contributed by atoms with E-state index in [4.69, 9.17) is 22.8 Å². The summed E-state index contributed by atoms with van der Waals surface area (Å²) in [5, 5.41) is 9.57. The monoisotopic (exact) mass is 417 g/mol. The first-order chi connectivity index (χ1) is 13.1. The van der Waals surface area contributed by atoms with E-state index in [1.807, 2.05) is 5.92 Å². The highest BCUT2D eigenvalue weighted by Crippen LogP contribution is 2.41. The minimum Gasteiger partial charge on any atom is -0.479 e. The van der Waals surface area contributed by atoms with E-state index in [0.29, 0.717) is 12.8 Å². The molecule has 1 saturated carbocycles. The van der Waals surface area contributed by atoms with Crippen LogP contribution < -0.4 is 9.64 Å². The van der Waals surface area contributed by atoms with Crippen LogP contribution in [0.25, 0.3) is 0 Å². The van der Waals surface area contributed by atoms with Crippen LogP contribution in [0, 0.1) is 12.3 Å². The van der Waals surface area contributed by atoms with Gasteiger partial charge in [0.2, 0.25) is 0 Å². The zero-order valence-corrected chi connectivity index (χ0v) is 15.8. The molecule has 5 nitrogen and oxygen atoms in total. The molecule has 1 amide bonds. The van der Waals surface area contributed by atoms with Gasteiger partial charge >= 0.3 is 18.1 Å². The molecule has 0 aromatic heterocycles. The number of halogens is 4. The summed E-state index contributed by atoms with van der Waals surface area (Å²) in [7, 11) is 0. The van der Waals surface area contributed by atoms with Crippen LogP contribution in [0.15, 0.2) is 18.2 Å². The van der Waals surface area contributed by atoms with Crippen molar-refractivity contribution in [3.63, 3.8) is 0 Å². The third-order valence-corrected chi connectivity index (χ3v) is 5.06. The fraction of sp³-hybridized carbons (Fsp3) is 0.474. The van der Waals surface area contributed by atoms with Gasteiger partial charge in [0.05, 0.1) is 5.02 Å². The standard InChI is InChI=1S/C19H19ClF3NO4/c1-3-15(19(21,22)23)28-14-8-7-12(11-13(14)20)24(16(25)4-2)18(17(26)27)9-5-6-10-18/h2,7-8,11,15H,3,5-6,9-10H2,1H3,(H,26,27)/t15-/m0/s1. The zero-order chi connectivity index (χ0) is 21.1. The van der Waals surface area contributed by atoms with Crippen LogP contribution in [0.4, 0.5) is 18.9 Å². The molecule has 9 heteroatoms. The predicted molar refractivity (Wildman–Crippen MR) is 97.4 cm³/mol. The van der Waals surface area contributed by atoms with Crippen molar-refractivity contribution in [2.75, 3.05) is 4.90 Å². The lowest BCUT2D eigenvalue weighted by molar-refractivity contribution is -0.195. The molecule has 0 saturated heterocycles. The zero-order valence-electron chi connectivity index (χ0n) is 15.1. The molecule has 1 fully saturated rings. The topological polar surface area (TPSA) is 66.8 Å². The molecular weight excluding hydrogens is 399 g/mol. The summed E-state index contributed by atoms with van der Waals surface area (Å²) in [4.78, 5) is 25.3. The third kappa shape index (κ3) is 4.20. The number of carboxylic acids is 1. The third-order valence-electron chi connectivity index (χ3n) is 4.76. The number of amides is 1. The van der Waals surface area contributed by atoms with E-state index in [1.54, 1.807) is 0 Å². The number of nitrogens with zero attached hydrogens (tertiary/aromatic N) is 1. The van der Waals surface area contributed by atoms with Crippen LogP contribution in [0.2, 0.25) is 5.02 Å². The first-order valence-electron chi connectivity index (χ1n) is 8.64. The molecule has 0 spiro atoms. The molecule has 1 aromatic rings. The summed E-state index contributed by atoms with van der Waals surface area (Å²) in [6.45, 7) is 1.32. The number of carbonyl (C=O) groups is 2. The van der Waals surface area contributed by atoms with E-state index in [-0.39, 0.29) is 35.7 Å². The second kappa shape index (κ2) is 8.31. The summed E-state index contributed by atoms with van der Waals surface area (Å²) in [6.07, 6.45) is -0.101. The fourth-order valence-electron chi connectivity index (χ4n) is 3.38. The van der Waals surface area contributed by atoms with Crippen LogP contribution in [0.5, 0.6) is 5.75 Å². The first kappa shape index (κ1) is 21.9. The minimum absolute atomic E-state index is 0.0876. The molecule has 1 aliphatic carbocycles. The van der Waals surface area contributed by atoms with Gasteiger partial charge in [0.1, 0.15) is 11.3 Å². The molecule has 1 aliphatic rings. The minimum atomic E-state index is -4.57. The number of aliphatic carboxylic acids is 1. The highest BCUT2D eigenvalue weighted by Gasteiger charge is 2.49. The summed E-state index contributed by atoms with van der Waals surface area (Å²) in [6, 6.07) is 3.65. The Morgan fingerprint density at radius 1 is 1.39 bits per heavy atom. The Labute approximate surface area is 165 Å². The molecule has 0 unspecified atom stereocenters. The molecular formula is C19H19ClF3NO4. The Hall–Kier alpha value is -2.40. The predicted octanol–water partition coefficient (Wildman–Crippen LogP) is 4.42. The second-order valence-corrected chi connectivity index (χ2v) is 6.91. The van der Waals surface area contributed by atoms with Gasteiger partial charge < -0.3 is 9.84 Å². The SMILES string of the molecule is C#CC(=O)N(c1ccc(O[C@@H](CC)C(F)(F)F)c(Cl)c1)C1(C(=O)O)CCCC1. The van der Waals surface area contributed by atoms with Crippen molar-refractivity contribution in [2.45, 2.75) is 56.8 Å². The van der Waals surface area contributed by atoms with Gasteiger partial charge in [-0.3, -0.25) is 9.69 Å². The van der Waals surface area contributed by atoms with Gasteiger partial charge in [0.15, 0.2) is 6.10 Å². The maximum absolute atomic E-state index is 12.9. The molecule has 0 radical (unpaired) electrons. The first-order valence-corrected chi connectivity index (χ1v) is 9.01. The maximum Gasteiger partial charge on any atom is 0.425 e. The fourth-order valence-corrected chi connectivity index (χ4v) is 3.59. The highest BCUT2D eigenvalue weighted by molar-refractivity contribution is 6.32. The van der Waals surface area contributed by atoms with E-state index in [1.165, 1.54) is 25.1 Å². The van der Waals surface area contributed by atoms with Crippen LogP contribution in [0.1, 0.15) is 39.0 Å². The Morgan fingerprint density at radius 2 is 2.00 bits per heavy atom. The van der Waals surface area contributed by atoms with Gasteiger partial charge in [-0.2, -0.15) is 13.2 Å². The smallest absolute Gasteiger partial charge is 0.425 e. The Kier molecular flexibility index (Phi) is 6.50. The molecule has 152 valence electrons. The highest BCUT2D eigenvalue weighted by atomic mass is 35.5. The van der Waals surface area contributed by atoms with Crippen molar-refractivity contribution in [1.82, 2.24) is 0 Å². The van der Waals surface area contributed by atoms with E-state index < -0.39 is 29.7 Å². The Balaban J connectivity index is 2.44. The number of carbonyl (C=O) groups excluding carboxylic acids is 1. The van der Waals surface area contributed by atoms with Gasteiger partial charge in [-0.05, 0) is 43.4 Å². The average Bonchev–Trinajstić information content (AvgIpc) is 3.10. The van der Waals surface area contributed by atoms with Gasteiger partial charge in [0.25, 0.3) is 0 Å². The summed E-state index contributed by atoms with van der Waals surface area (Å²) >= 11 is 6.07. The van der Waals surface area contributed by atoms with Crippen molar-refractivity contribution in [3.8, 4) is 18.1 Å². The van der Waals surface area contributed by atoms with Gasteiger partial charge in [0, 0.05) is 5.69 Å². The largest absolute Gasteiger partial charge is 0.479 e. The molecule has 28 heavy (non-hydrogen) atoms. The molecule has 0 bridgehead atoms. The average molecular weight is 418 g/mol. The quantitative estimate of drug-likeness (QED) is 0.696. The Bertz CT molecular complexity index is 797. The number of hydrogen-bond donors (Lipinski definition) is 1. The normalized spacial score (nSPS) is 16.9. The van der Waals surface area contributed by atoms with Crippen LogP contribution >= 0.6 is 11.6 Å². The number of rotatable bonds is 6. The van der Waals surface area contributed by atoms with Crippen LogP contribution in [0.3, 0.4) is 0 Å². The number of ether oxygens (including phenoxy) is 1. The van der Waals surface area contributed by atoms with Crippen molar-refractivity contribution in [1.29, 1.82) is 0 Å². The summed E-state index contributed by atoms with van der Waals surface area (Å²) < 4.78 is 43.8. The second-order valence-electron chi connectivity index (χ2n) is 6.50. The number of alkyl halides is 3. The van der Waals surface area contributed by atoms with Crippen molar-refractivity contribution >= 4 is 29.2 Å². The lowest BCUT2D eigenvalue weighted by Gasteiger charge is -2.36. The van der Waals surface area contributed by atoms with E-state index in [9.17, 15) is 27.9 Å². The lowest BCUT2D eigenvalue weighted by atomic mass is 9.94. The molecule has 2 rings (SSSR count). The number of anilines is 1. The van der Waals surface area contributed by atoms with Crippen molar-refractivity contribution in [2.24, 2.45) is 0 Å². The molecule has 1 atom stereocenters. The van der Waals surface area contributed by atoms with Crippen LogP contribution in [-0.2, 0) is 9.59 Å². The summed E-state index contributed by atoms with van der Waals surface area (Å²) in [5.41, 5.74) is -1.43. The number of carboxylic acid groups (broad SMARTS) is 1. The Morgan fingerprint density at radius 3 is 2.43 bits per heavy atom. The van der Waals surface area contributed by atoms with E-state index in [2.05, 4.69) is 0 Å². The van der Waals surface area contributed by atoms with Gasteiger partial charge in [-0.15, -0.1) is 6.42 Å². The van der Waals surface area contributed by atoms with Crippen molar-refractivity contribution < 1.29 is 32.6 Å². The van der Waals surface area contributed by atoms with Gasteiger partial charge in [-0.25, -0.2) is 4.79 Å². The lowest BCUT2D eigenvalue weighted by Crippen LogP contribution is -2.55. The van der Waals surface area contributed by atoms with Crippen molar-refractivity contribution in [3.05, 3.63) is 23.2 Å². The molecule has 0 heterocycles. The molecule has 1 aromatic carbocycles. The molecule has 1 N–H and O–H groups in total. The number of hydrogen-bond acceptors (Lipinski definition) is 3. The summed E-state index contributed by atoms with van der Waals surface area (Å²) in [5.74, 6) is -0.373. The number of terminal acetylenes is 1. The van der Waals surface area contributed by atoms with E-state index >= 15 is 0 Å². The number of benzene rings is 1. The van der Waals surface area contributed by atoms with E-state index in [0.717, 1.165) is 4.90 Å². The maximum atomic E-state index is 12.9. The van der Waals surface area contributed by atoms with Crippen LogP contribution in [-0.4, -0.2) is 34.8 Å².